The number of rotatable bonds is 6. The summed E-state index contributed by atoms with van der Waals surface area (Å²) in [5.41, 5.74) is 2.11. The van der Waals surface area contributed by atoms with Gasteiger partial charge in [-0.05, 0) is 75.1 Å². The Morgan fingerprint density at radius 1 is 0.970 bits per heavy atom. The third-order valence-corrected chi connectivity index (χ3v) is 6.15. The summed E-state index contributed by atoms with van der Waals surface area (Å²) in [4.78, 5) is 16.7. The van der Waals surface area contributed by atoms with Gasteiger partial charge in [0.15, 0.2) is 0 Å². The van der Waals surface area contributed by atoms with E-state index in [0.29, 0.717) is 23.6 Å². The van der Waals surface area contributed by atoms with Gasteiger partial charge in [0, 0.05) is 18.4 Å². The largest absolute Gasteiger partial charge is 0.495 e. The van der Waals surface area contributed by atoms with Crippen molar-refractivity contribution >= 4 is 30.0 Å². The monoisotopic (exact) mass is 447 g/mol. The Labute approximate surface area is 193 Å². The smallest absolute Gasteiger partial charge is 0.399 e. The second kappa shape index (κ2) is 8.96. The van der Waals surface area contributed by atoms with Gasteiger partial charge in [-0.2, -0.15) is 0 Å². The summed E-state index contributed by atoms with van der Waals surface area (Å²) in [5, 5.41) is 6.01. The molecule has 1 saturated heterocycles. The van der Waals surface area contributed by atoms with E-state index in [9.17, 15) is 9.18 Å². The van der Waals surface area contributed by atoms with Gasteiger partial charge in [0.2, 0.25) is 0 Å². The Hall–Kier alpha value is -3.23. The number of benzene rings is 2. The van der Waals surface area contributed by atoms with Crippen molar-refractivity contribution in [2.45, 2.75) is 45.4 Å². The summed E-state index contributed by atoms with van der Waals surface area (Å²) in [7, 11) is -0.446. The Morgan fingerprint density at radius 3 is 2.27 bits per heavy atom. The molecule has 8 heteroatoms. The first-order valence-corrected chi connectivity index (χ1v) is 10.8. The molecule has 0 atom stereocenters. The first kappa shape index (κ1) is 23.0. The molecule has 0 bridgehead atoms. The van der Waals surface area contributed by atoms with Crippen LogP contribution in [-0.2, 0) is 15.9 Å². The average molecular weight is 447 g/mol. The molecule has 33 heavy (non-hydrogen) atoms. The lowest BCUT2D eigenvalue weighted by atomic mass is 9.76. The lowest BCUT2D eigenvalue weighted by Gasteiger charge is -2.32. The predicted octanol–water partition coefficient (Wildman–Crippen LogP) is 4.38. The molecule has 6 nitrogen and oxygen atoms in total. The molecule has 1 aliphatic rings. The highest BCUT2D eigenvalue weighted by Crippen LogP contribution is 2.36. The van der Waals surface area contributed by atoms with Crippen molar-refractivity contribution in [2.75, 3.05) is 10.6 Å². The molecular formula is C25H27BFN3O3. The minimum absolute atomic E-state index is 0.313. The zero-order valence-corrected chi connectivity index (χ0v) is 19.2. The molecule has 1 aromatic heterocycles. The van der Waals surface area contributed by atoms with Crippen LogP contribution in [0.15, 0.2) is 66.9 Å². The highest BCUT2D eigenvalue weighted by molar-refractivity contribution is 6.62. The molecule has 0 saturated carbocycles. The number of aromatic nitrogens is 1. The van der Waals surface area contributed by atoms with E-state index in [1.165, 1.54) is 30.5 Å². The van der Waals surface area contributed by atoms with Crippen molar-refractivity contribution in [2.24, 2.45) is 0 Å². The van der Waals surface area contributed by atoms with Gasteiger partial charge in [-0.25, -0.2) is 9.37 Å². The van der Waals surface area contributed by atoms with E-state index in [1.807, 2.05) is 52.0 Å². The molecule has 170 valence electrons. The summed E-state index contributed by atoms with van der Waals surface area (Å²) in [5.74, 6) is -0.0334. The van der Waals surface area contributed by atoms with E-state index in [4.69, 9.17) is 9.31 Å². The summed E-state index contributed by atoms with van der Waals surface area (Å²) >= 11 is 0. The van der Waals surface area contributed by atoms with Crippen LogP contribution >= 0.6 is 0 Å². The second-order valence-corrected chi connectivity index (χ2v) is 9.03. The van der Waals surface area contributed by atoms with E-state index in [0.717, 1.165) is 11.0 Å². The quantitative estimate of drug-likeness (QED) is 0.549. The molecule has 1 amide bonds. The van der Waals surface area contributed by atoms with Crippen LogP contribution in [0.2, 0.25) is 0 Å². The maximum Gasteiger partial charge on any atom is 0.495 e. The maximum absolute atomic E-state index is 13.0. The third kappa shape index (κ3) is 5.07. The number of pyridine rings is 1. The van der Waals surface area contributed by atoms with Gasteiger partial charge < -0.3 is 19.9 Å². The maximum atomic E-state index is 13.0. The van der Waals surface area contributed by atoms with Crippen molar-refractivity contribution in [1.82, 2.24) is 4.98 Å². The number of hydrogen-bond acceptors (Lipinski definition) is 5. The van der Waals surface area contributed by atoms with Gasteiger partial charge in [-0.3, -0.25) is 4.79 Å². The fraction of sp³-hybridized carbons (Fsp3) is 0.280. The molecule has 0 unspecified atom stereocenters. The van der Waals surface area contributed by atoms with Gasteiger partial charge in [-0.1, -0.05) is 24.3 Å². The normalized spacial score (nSPS) is 16.5. The molecule has 1 fully saturated rings. The van der Waals surface area contributed by atoms with Crippen LogP contribution in [-0.4, -0.2) is 29.2 Å². The summed E-state index contributed by atoms with van der Waals surface area (Å²) < 4.78 is 25.4. The van der Waals surface area contributed by atoms with Crippen LogP contribution < -0.4 is 16.1 Å². The number of nitrogens with one attached hydrogen (secondary N) is 2. The molecule has 0 spiro atoms. The molecular weight excluding hydrogens is 420 g/mol. The van der Waals surface area contributed by atoms with Gasteiger partial charge in [0.05, 0.1) is 16.8 Å². The highest BCUT2D eigenvalue weighted by atomic mass is 19.1. The predicted molar refractivity (Wildman–Crippen MR) is 128 cm³/mol. The van der Waals surface area contributed by atoms with Crippen LogP contribution in [0.5, 0.6) is 0 Å². The summed E-state index contributed by atoms with van der Waals surface area (Å²) in [6, 6.07) is 17.0. The van der Waals surface area contributed by atoms with E-state index in [1.54, 1.807) is 12.1 Å². The first-order chi connectivity index (χ1) is 15.6. The van der Waals surface area contributed by atoms with Gasteiger partial charge >= 0.3 is 7.12 Å². The zero-order valence-electron chi connectivity index (χ0n) is 19.2. The number of halogens is 1. The molecule has 1 aliphatic heterocycles. The third-order valence-electron chi connectivity index (χ3n) is 6.15. The molecule has 2 heterocycles. The van der Waals surface area contributed by atoms with Crippen molar-refractivity contribution in [1.29, 1.82) is 0 Å². The zero-order chi connectivity index (χ0) is 23.6. The van der Waals surface area contributed by atoms with Gasteiger partial charge in [0.1, 0.15) is 11.6 Å². The molecule has 3 aromatic rings. The lowest BCUT2D eigenvalue weighted by molar-refractivity contribution is 0.00578. The molecule has 0 aliphatic carbocycles. The summed E-state index contributed by atoms with van der Waals surface area (Å²) in [6.45, 7) is 8.66. The standard InChI is InChI=1S/C25H27BFN3O3/c1-24(2)25(3,4)33-26(32-24)21-8-6-5-7-17(21)15-28-22-14-9-18(16-29-22)23(31)30-20-12-10-19(27)11-13-20/h5-14,16H,15H2,1-4H3,(H,28,29)(H,30,31). The topological polar surface area (TPSA) is 72.5 Å². The van der Waals surface area contributed by atoms with Crippen molar-refractivity contribution in [3.05, 3.63) is 83.8 Å². The lowest BCUT2D eigenvalue weighted by Crippen LogP contribution is -2.41. The number of nitrogens with zero attached hydrogens (tertiary/aromatic N) is 1. The van der Waals surface area contributed by atoms with Crippen molar-refractivity contribution in [3.8, 4) is 0 Å². The Bertz CT molecular complexity index is 1120. The number of carbonyl (C=O) groups excluding carboxylic acids is 1. The number of anilines is 2. The van der Waals surface area contributed by atoms with Gasteiger partial charge in [0.25, 0.3) is 5.91 Å². The Balaban J connectivity index is 1.40. The van der Waals surface area contributed by atoms with E-state index in [2.05, 4.69) is 15.6 Å². The first-order valence-electron chi connectivity index (χ1n) is 10.8. The number of hydrogen-bond donors (Lipinski definition) is 2. The SMILES string of the molecule is CC1(C)OB(c2ccccc2CNc2ccc(C(=O)Nc3ccc(F)cc3)cn2)OC1(C)C. The van der Waals surface area contributed by atoms with Crippen LogP contribution in [0.3, 0.4) is 0 Å². The summed E-state index contributed by atoms with van der Waals surface area (Å²) in [6.07, 6.45) is 1.50. The van der Waals surface area contributed by atoms with Crippen molar-refractivity contribution < 1.29 is 18.5 Å². The van der Waals surface area contributed by atoms with Crippen LogP contribution in [0.1, 0.15) is 43.6 Å². The van der Waals surface area contributed by atoms with Crippen LogP contribution in [0.25, 0.3) is 0 Å². The van der Waals surface area contributed by atoms with Gasteiger partial charge in [-0.15, -0.1) is 0 Å². The minimum atomic E-state index is -0.446. The van der Waals surface area contributed by atoms with Crippen molar-refractivity contribution in [3.63, 3.8) is 0 Å². The fourth-order valence-electron chi connectivity index (χ4n) is 3.45. The van der Waals surface area contributed by atoms with Crippen LogP contribution in [0.4, 0.5) is 15.9 Å². The highest BCUT2D eigenvalue weighted by Gasteiger charge is 2.52. The molecule has 2 aromatic carbocycles. The second-order valence-electron chi connectivity index (χ2n) is 9.03. The molecule has 4 rings (SSSR count). The average Bonchev–Trinajstić information content (AvgIpc) is 3.01. The Kier molecular flexibility index (Phi) is 6.23. The van der Waals surface area contributed by atoms with E-state index in [-0.39, 0.29) is 11.7 Å². The minimum Gasteiger partial charge on any atom is -0.399 e. The Morgan fingerprint density at radius 2 is 1.64 bits per heavy atom. The number of amides is 1. The number of carbonyl (C=O) groups is 1. The molecule has 2 N–H and O–H groups in total. The fourth-order valence-corrected chi connectivity index (χ4v) is 3.45. The van der Waals surface area contributed by atoms with E-state index >= 15 is 0 Å². The van der Waals surface area contributed by atoms with Crippen LogP contribution in [0, 0.1) is 5.82 Å². The molecule has 0 radical (unpaired) electrons. The van der Waals surface area contributed by atoms with E-state index < -0.39 is 18.3 Å².